The van der Waals surface area contributed by atoms with Crippen molar-refractivity contribution in [3.8, 4) is 0 Å². The minimum atomic E-state index is 0. The van der Waals surface area contributed by atoms with Crippen LogP contribution in [0, 0.1) is 47.4 Å². The third kappa shape index (κ3) is 33.7. The Balaban J connectivity index is -0.0000000189. The van der Waals surface area contributed by atoms with Gasteiger partial charge in [-0.15, -0.1) is 23.3 Å². The van der Waals surface area contributed by atoms with Gasteiger partial charge in [-0.1, -0.05) is 39.7 Å². The van der Waals surface area contributed by atoms with Crippen LogP contribution >= 0.6 is 0 Å². The van der Waals surface area contributed by atoms with Gasteiger partial charge in [-0.2, -0.15) is 28.8 Å². The summed E-state index contributed by atoms with van der Waals surface area (Å²) < 4.78 is 0. The minimum absolute atomic E-state index is 0. The fourth-order valence-corrected chi connectivity index (χ4v) is 2.81. The predicted octanol–water partition coefficient (Wildman–Crippen LogP) is 6.11. The zero-order valence-electron chi connectivity index (χ0n) is 22.8. The first kappa shape index (κ1) is 86.1. The van der Waals surface area contributed by atoms with E-state index in [1.165, 1.54) is 39.0 Å². The summed E-state index contributed by atoms with van der Waals surface area (Å²) in [6, 6.07) is 16.0. The first-order valence-electron chi connectivity index (χ1n) is 7.40. The molecule has 2 aromatic carbocycles. The Morgan fingerprint density at radius 1 is 0.500 bits per heavy atom. The van der Waals surface area contributed by atoms with Crippen molar-refractivity contribution in [1.29, 1.82) is 0 Å². The Morgan fingerprint density at radius 2 is 0.917 bits per heavy atom. The van der Waals surface area contributed by atoms with Gasteiger partial charge in [0.15, 0.2) is 0 Å². The largest absolute Gasteiger partial charge is 0.358 e. The number of rotatable bonds is 0. The second kappa shape index (κ2) is 50.5. The van der Waals surface area contributed by atoms with Gasteiger partial charge < -0.3 is 27.8 Å². The summed E-state index contributed by atoms with van der Waals surface area (Å²) >= 11 is 0. The molecule has 166 valence electrons. The van der Waals surface area contributed by atoms with Crippen molar-refractivity contribution in [2.45, 2.75) is 33.6 Å². The van der Waals surface area contributed by atoms with E-state index in [-0.39, 0.29) is 415 Å². The molecule has 0 saturated carbocycles. The molecule has 12 radical (unpaired) electrons. The number of fused-ring (bicyclic) bond motifs is 2. The van der Waals surface area contributed by atoms with Gasteiger partial charge in [0, 0.05) is 393 Å². The Kier molecular flexibility index (Phi) is 121. The summed E-state index contributed by atoms with van der Waals surface area (Å²) in [6.07, 6.45) is 8.76. The summed E-state index contributed by atoms with van der Waals surface area (Å²) in [5.41, 5.74) is 9.12. The standard InChI is InChI=1S/C11H10.C10H9.3CH3.12Y/c1-8-3-4-10-6-9(2)7-11(10)5-8;1-8-6-9-4-2-3-5-10(9)7-8;;;;;;;;;;;;;;;/h3-4H,7H2,1-2H3;2-5H,6H2,1H3;3*1H3;;;;;;;;;;;;/q-2;4*-1;;;;;;;;;;;;. The van der Waals surface area contributed by atoms with E-state index in [0.29, 0.717) is 0 Å². The third-order valence-electron chi connectivity index (χ3n) is 3.78. The first-order chi connectivity index (χ1) is 10.1. The van der Waals surface area contributed by atoms with Crippen molar-refractivity contribution < 1.29 is 393 Å². The summed E-state index contributed by atoms with van der Waals surface area (Å²) in [6.45, 7) is 6.32. The molecule has 12 heteroatoms. The van der Waals surface area contributed by atoms with Crippen LogP contribution < -0.4 is 0 Å². The molecule has 0 spiro atoms. The van der Waals surface area contributed by atoms with Crippen molar-refractivity contribution in [3.63, 3.8) is 0 Å². The molecule has 0 bridgehead atoms. The van der Waals surface area contributed by atoms with E-state index in [0.717, 1.165) is 12.8 Å². The molecule has 0 unspecified atom stereocenters. The van der Waals surface area contributed by atoms with Crippen molar-refractivity contribution in [3.05, 3.63) is 116 Å². The Morgan fingerprint density at radius 3 is 1.39 bits per heavy atom. The minimum Gasteiger partial charge on any atom is -0.358 e. The molecule has 2 aliphatic carbocycles. The fraction of sp³-hybridized carbons (Fsp3) is 0.208. The van der Waals surface area contributed by atoms with Crippen molar-refractivity contribution in [2.75, 3.05) is 0 Å². The average Bonchev–Trinajstić information content (AvgIpc) is 2.99. The van der Waals surface area contributed by atoms with Crippen LogP contribution in [0.25, 0.3) is 0 Å². The molecular formula is C24H28Y12-6. The van der Waals surface area contributed by atoms with Gasteiger partial charge >= 0.3 is 0 Å². The van der Waals surface area contributed by atoms with Gasteiger partial charge in [0.05, 0.1) is 0 Å². The average molecular weight is 1380 g/mol. The molecule has 0 aromatic heterocycles. The third-order valence-corrected chi connectivity index (χ3v) is 3.78. The maximum absolute atomic E-state index is 3.33. The molecule has 0 N–H and O–H groups in total. The van der Waals surface area contributed by atoms with Crippen LogP contribution in [0.1, 0.15) is 41.7 Å². The van der Waals surface area contributed by atoms with Crippen molar-refractivity contribution in [2.24, 2.45) is 0 Å². The van der Waals surface area contributed by atoms with E-state index < -0.39 is 0 Å². The monoisotopic (exact) mass is 1380 g/mol. The molecule has 2 aromatic rings. The second-order valence-corrected chi connectivity index (χ2v) is 5.85. The molecule has 0 aliphatic heterocycles. The van der Waals surface area contributed by atoms with E-state index in [1.807, 2.05) is 0 Å². The molecule has 4 rings (SSSR count). The molecule has 0 nitrogen and oxygen atoms in total. The summed E-state index contributed by atoms with van der Waals surface area (Å²) in [5, 5.41) is 0. The van der Waals surface area contributed by atoms with Gasteiger partial charge in [-0.3, -0.25) is 11.6 Å². The molecule has 36 heavy (non-hydrogen) atoms. The molecule has 0 saturated heterocycles. The quantitative estimate of drug-likeness (QED) is 0.280. The van der Waals surface area contributed by atoms with Crippen LogP contribution in [0.4, 0.5) is 0 Å². The van der Waals surface area contributed by atoms with Crippen LogP contribution in [-0.4, -0.2) is 0 Å². The number of allylic oxidation sites excluding steroid dienone is 2. The molecule has 0 fully saturated rings. The summed E-state index contributed by atoms with van der Waals surface area (Å²) in [7, 11) is 0. The van der Waals surface area contributed by atoms with Gasteiger partial charge in [0.2, 0.25) is 0 Å². The van der Waals surface area contributed by atoms with Gasteiger partial charge in [-0.25, -0.2) is 18.2 Å². The normalized spacial score (nSPS) is 8.53. The molecular weight excluding hydrogens is 1360 g/mol. The Labute approximate surface area is 526 Å². The van der Waals surface area contributed by atoms with Crippen LogP contribution in [0.3, 0.4) is 0 Å². The zero-order valence-corrected chi connectivity index (χ0v) is 56.9. The maximum atomic E-state index is 3.33. The van der Waals surface area contributed by atoms with Gasteiger partial charge in [0.1, 0.15) is 0 Å². The van der Waals surface area contributed by atoms with E-state index >= 15 is 0 Å². The topological polar surface area (TPSA) is 0 Å². The molecule has 0 amide bonds. The fourth-order valence-electron chi connectivity index (χ4n) is 2.81. The van der Waals surface area contributed by atoms with Crippen LogP contribution in [0.5, 0.6) is 0 Å². The van der Waals surface area contributed by atoms with E-state index in [2.05, 4.69) is 75.4 Å². The zero-order chi connectivity index (χ0) is 14.8. The molecule has 2 aliphatic rings. The SMILES string of the molecule is CC1=[C-]c2ccc(C)[c-]c2C1.CC1=[C-]c2ccccc2C1.[CH3-].[CH3-].[CH3-].[Y].[Y].[Y].[Y].[Y].[Y].[Y].[Y].[Y].[Y].[Y].[Y]. The number of hydrogen-bond acceptors (Lipinski definition) is 0. The Hall–Kier alpha value is 11.2. The van der Waals surface area contributed by atoms with Crippen LogP contribution in [-0.2, 0) is 405 Å². The van der Waals surface area contributed by atoms with Crippen molar-refractivity contribution in [1.82, 2.24) is 0 Å². The number of aryl methyl sites for hydroxylation is 1. The van der Waals surface area contributed by atoms with Gasteiger partial charge in [-0.05, 0) is 0 Å². The first-order valence-corrected chi connectivity index (χ1v) is 7.40. The second-order valence-electron chi connectivity index (χ2n) is 5.85. The van der Waals surface area contributed by atoms with E-state index in [9.17, 15) is 0 Å². The van der Waals surface area contributed by atoms with Crippen LogP contribution in [0.15, 0.2) is 47.5 Å². The predicted molar refractivity (Wildman–Crippen MR) is 106 cm³/mol. The van der Waals surface area contributed by atoms with E-state index in [4.69, 9.17) is 0 Å². The maximum Gasteiger partial charge on any atom is 0 e. The Bertz CT molecular complexity index is 763. The van der Waals surface area contributed by atoms with Crippen LogP contribution in [0.2, 0.25) is 0 Å². The number of benzene rings is 2. The van der Waals surface area contributed by atoms with Crippen molar-refractivity contribution >= 4 is 0 Å². The number of hydrogen-bond donors (Lipinski definition) is 0. The molecule has 0 heterocycles. The molecule has 0 atom stereocenters. The summed E-state index contributed by atoms with van der Waals surface area (Å²) in [4.78, 5) is 0. The summed E-state index contributed by atoms with van der Waals surface area (Å²) in [5.74, 6) is 0. The smallest absolute Gasteiger partial charge is 0 e. The van der Waals surface area contributed by atoms with Gasteiger partial charge in [0.25, 0.3) is 0 Å². The van der Waals surface area contributed by atoms with E-state index in [1.54, 1.807) is 0 Å².